The Kier molecular flexibility index (Phi) is 3.69. The van der Waals surface area contributed by atoms with E-state index in [2.05, 4.69) is 15.9 Å². The second kappa shape index (κ2) is 5.23. The highest BCUT2D eigenvalue weighted by molar-refractivity contribution is 9.10. The summed E-state index contributed by atoms with van der Waals surface area (Å²) in [5.74, 6) is 1.35. The number of rotatable bonds is 3. The molecule has 1 N–H and O–H groups in total. The Balaban J connectivity index is 2.21. The molecule has 17 heavy (non-hydrogen) atoms. The number of phenolic OH excluding ortho intramolecular Hbond substituents is 1. The number of aryl methyl sites for hydroxylation is 1. The summed E-state index contributed by atoms with van der Waals surface area (Å²) in [6.45, 7) is 2.05. The third-order valence-corrected chi connectivity index (χ3v) is 3.00. The van der Waals surface area contributed by atoms with Gasteiger partial charge in [-0.2, -0.15) is 0 Å². The van der Waals surface area contributed by atoms with Crippen molar-refractivity contribution < 1.29 is 9.84 Å². The van der Waals surface area contributed by atoms with Crippen molar-refractivity contribution in [1.82, 2.24) is 0 Å². The number of ether oxygens (including phenoxy) is 1. The fourth-order valence-electron chi connectivity index (χ4n) is 1.50. The number of hydrogen-bond acceptors (Lipinski definition) is 2. The summed E-state index contributed by atoms with van der Waals surface area (Å²) in [5.41, 5.74) is 1.09. The van der Waals surface area contributed by atoms with Crippen LogP contribution in [0.5, 0.6) is 17.2 Å². The lowest BCUT2D eigenvalue weighted by Gasteiger charge is -2.08. The minimum Gasteiger partial charge on any atom is -0.504 e. The highest BCUT2D eigenvalue weighted by atomic mass is 79.9. The molecule has 0 amide bonds. The molecule has 3 heteroatoms. The Morgan fingerprint density at radius 3 is 2.41 bits per heavy atom. The molecule has 2 aromatic rings. The van der Waals surface area contributed by atoms with Crippen LogP contribution in [0, 0.1) is 0 Å². The fraction of sp³-hybridized carbons (Fsp3) is 0.143. The Morgan fingerprint density at radius 2 is 1.82 bits per heavy atom. The van der Waals surface area contributed by atoms with E-state index in [-0.39, 0.29) is 5.75 Å². The average molecular weight is 293 g/mol. The molecule has 0 bridgehead atoms. The molecule has 0 saturated heterocycles. The third-order valence-electron chi connectivity index (χ3n) is 2.47. The summed E-state index contributed by atoms with van der Waals surface area (Å²) >= 11 is 3.36. The molecular formula is C14H13BrO2. The van der Waals surface area contributed by atoms with Gasteiger partial charge in [-0.3, -0.25) is 0 Å². The van der Waals surface area contributed by atoms with Crippen LogP contribution in [0.4, 0.5) is 0 Å². The molecule has 0 aromatic heterocycles. The van der Waals surface area contributed by atoms with E-state index in [9.17, 15) is 5.11 Å². The summed E-state index contributed by atoms with van der Waals surface area (Å²) in [5, 5.41) is 9.80. The van der Waals surface area contributed by atoms with Crippen LogP contribution < -0.4 is 4.74 Å². The Hall–Kier alpha value is -1.48. The second-order valence-electron chi connectivity index (χ2n) is 3.71. The molecule has 0 aliphatic heterocycles. The highest BCUT2D eigenvalue weighted by Crippen LogP contribution is 2.31. The van der Waals surface area contributed by atoms with Crippen LogP contribution in [0.1, 0.15) is 12.5 Å². The fourth-order valence-corrected chi connectivity index (χ4v) is 1.76. The minimum atomic E-state index is 0.173. The zero-order valence-electron chi connectivity index (χ0n) is 9.48. The molecule has 2 rings (SSSR count). The van der Waals surface area contributed by atoms with Gasteiger partial charge in [0, 0.05) is 4.47 Å². The molecule has 0 saturated carbocycles. The standard InChI is InChI=1S/C14H13BrO2/c1-2-10-3-8-14(13(16)9-10)17-12-6-4-11(15)5-7-12/h3-9,16H,2H2,1H3. The number of halogens is 1. The molecule has 0 radical (unpaired) electrons. The lowest BCUT2D eigenvalue weighted by atomic mass is 10.1. The maximum absolute atomic E-state index is 9.80. The first-order valence-electron chi connectivity index (χ1n) is 5.44. The summed E-state index contributed by atoms with van der Waals surface area (Å²) in [4.78, 5) is 0. The van der Waals surface area contributed by atoms with E-state index < -0.39 is 0 Å². The number of phenols is 1. The maximum Gasteiger partial charge on any atom is 0.169 e. The van der Waals surface area contributed by atoms with Crippen molar-refractivity contribution in [3.63, 3.8) is 0 Å². The number of hydrogen-bond donors (Lipinski definition) is 1. The van der Waals surface area contributed by atoms with Crippen LogP contribution in [-0.2, 0) is 6.42 Å². The first-order valence-corrected chi connectivity index (χ1v) is 6.23. The summed E-state index contributed by atoms with van der Waals surface area (Å²) < 4.78 is 6.59. The van der Waals surface area contributed by atoms with Gasteiger partial charge in [-0.25, -0.2) is 0 Å². The highest BCUT2D eigenvalue weighted by Gasteiger charge is 2.04. The lowest BCUT2D eigenvalue weighted by Crippen LogP contribution is -1.86. The van der Waals surface area contributed by atoms with Crippen LogP contribution >= 0.6 is 15.9 Å². The van der Waals surface area contributed by atoms with Crippen LogP contribution in [0.3, 0.4) is 0 Å². The largest absolute Gasteiger partial charge is 0.504 e. The quantitative estimate of drug-likeness (QED) is 0.902. The van der Waals surface area contributed by atoms with Crippen molar-refractivity contribution >= 4 is 15.9 Å². The van der Waals surface area contributed by atoms with Crippen molar-refractivity contribution in [3.05, 3.63) is 52.5 Å². The van der Waals surface area contributed by atoms with E-state index in [0.29, 0.717) is 11.5 Å². The van der Waals surface area contributed by atoms with Crippen LogP contribution in [0.15, 0.2) is 46.9 Å². The summed E-state index contributed by atoms with van der Waals surface area (Å²) in [7, 11) is 0. The smallest absolute Gasteiger partial charge is 0.169 e. The van der Waals surface area contributed by atoms with Crippen LogP contribution in [0.2, 0.25) is 0 Å². The van der Waals surface area contributed by atoms with Crippen molar-refractivity contribution in [1.29, 1.82) is 0 Å². The van der Waals surface area contributed by atoms with E-state index >= 15 is 0 Å². The Bertz CT molecular complexity index is 506. The van der Waals surface area contributed by atoms with Gasteiger partial charge >= 0.3 is 0 Å². The molecule has 88 valence electrons. The molecule has 2 nitrogen and oxygen atoms in total. The second-order valence-corrected chi connectivity index (χ2v) is 4.63. The zero-order chi connectivity index (χ0) is 12.3. The van der Waals surface area contributed by atoms with E-state index in [1.54, 1.807) is 12.1 Å². The van der Waals surface area contributed by atoms with Crippen LogP contribution in [-0.4, -0.2) is 5.11 Å². The van der Waals surface area contributed by atoms with Gasteiger partial charge in [-0.1, -0.05) is 28.9 Å². The maximum atomic E-state index is 9.80. The minimum absolute atomic E-state index is 0.173. The first-order chi connectivity index (χ1) is 8.19. The van der Waals surface area contributed by atoms with E-state index in [0.717, 1.165) is 16.5 Å². The first kappa shape index (κ1) is 12.0. The van der Waals surface area contributed by atoms with Gasteiger partial charge in [0.15, 0.2) is 11.5 Å². The van der Waals surface area contributed by atoms with Crippen LogP contribution in [0.25, 0.3) is 0 Å². The molecule has 0 aliphatic carbocycles. The molecular weight excluding hydrogens is 280 g/mol. The molecule has 0 unspecified atom stereocenters. The Morgan fingerprint density at radius 1 is 1.12 bits per heavy atom. The SMILES string of the molecule is CCc1ccc(Oc2ccc(Br)cc2)c(O)c1. The predicted octanol–water partition coefficient (Wildman–Crippen LogP) is 4.51. The lowest BCUT2D eigenvalue weighted by molar-refractivity contribution is 0.410. The molecule has 0 heterocycles. The van der Waals surface area contributed by atoms with Crippen molar-refractivity contribution in [3.8, 4) is 17.2 Å². The van der Waals surface area contributed by atoms with Crippen molar-refractivity contribution in [2.75, 3.05) is 0 Å². The summed E-state index contributed by atoms with van der Waals surface area (Å²) in [6, 6.07) is 13.0. The normalized spacial score (nSPS) is 10.2. The number of benzene rings is 2. The van der Waals surface area contributed by atoms with Crippen molar-refractivity contribution in [2.45, 2.75) is 13.3 Å². The van der Waals surface area contributed by atoms with Gasteiger partial charge in [-0.15, -0.1) is 0 Å². The van der Waals surface area contributed by atoms with Gasteiger partial charge in [0.25, 0.3) is 0 Å². The average Bonchev–Trinajstić information content (AvgIpc) is 2.34. The molecule has 2 aromatic carbocycles. The third kappa shape index (κ3) is 3.01. The topological polar surface area (TPSA) is 29.5 Å². The van der Waals surface area contributed by atoms with Gasteiger partial charge in [0.2, 0.25) is 0 Å². The number of aromatic hydroxyl groups is 1. The molecule has 0 atom stereocenters. The molecule has 0 aliphatic rings. The van der Waals surface area contributed by atoms with Gasteiger partial charge in [0.1, 0.15) is 5.75 Å². The van der Waals surface area contributed by atoms with Crippen molar-refractivity contribution in [2.24, 2.45) is 0 Å². The van der Waals surface area contributed by atoms with Gasteiger partial charge < -0.3 is 9.84 Å². The predicted molar refractivity (Wildman–Crippen MR) is 71.7 cm³/mol. The monoisotopic (exact) mass is 292 g/mol. The van der Waals surface area contributed by atoms with E-state index in [1.807, 2.05) is 37.3 Å². The van der Waals surface area contributed by atoms with E-state index in [4.69, 9.17) is 4.74 Å². The molecule has 0 fully saturated rings. The van der Waals surface area contributed by atoms with E-state index in [1.165, 1.54) is 0 Å². The van der Waals surface area contributed by atoms with Gasteiger partial charge in [-0.05, 0) is 48.4 Å². The summed E-state index contributed by atoms with van der Waals surface area (Å²) in [6.07, 6.45) is 0.895. The van der Waals surface area contributed by atoms with Gasteiger partial charge in [0.05, 0.1) is 0 Å². The zero-order valence-corrected chi connectivity index (χ0v) is 11.1. The Labute approximate surface area is 109 Å². The molecule has 0 spiro atoms.